The normalized spacial score (nSPS) is 10.5. The minimum Gasteiger partial charge on any atom is -0.368 e. The summed E-state index contributed by atoms with van der Waals surface area (Å²) in [6.45, 7) is 0. The zero-order valence-corrected chi connectivity index (χ0v) is 10.9. The van der Waals surface area contributed by atoms with Crippen molar-refractivity contribution >= 4 is 11.9 Å². The van der Waals surface area contributed by atoms with E-state index in [-0.39, 0.29) is 5.95 Å². The molecule has 3 rings (SSSR count). The molecule has 0 bridgehead atoms. The molecule has 0 aliphatic heterocycles. The Kier molecular flexibility index (Phi) is 3.07. The third-order valence-corrected chi connectivity index (χ3v) is 2.98. The Morgan fingerprint density at radius 3 is 2.76 bits per heavy atom. The summed E-state index contributed by atoms with van der Waals surface area (Å²) in [6.07, 6.45) is 4.85. The van der Waals surface area contributed by atoms with Crippen LogP contribution in [0.15, 0.2) is 42.9 Å². The van der Waals surface area contributed by atoms with Gasteiger partial charge in [-0.1, -0.05) is 0 Å². The maximum Gasteiger partial charge on any atom is 0.250 e. The van der Waals surface area contributed by atoms with Crippen molar-refractivity contribution in [1.82, 2.24) is 19.9 Å². The number of pyridine rings is 1. The van der Waals surface area contributed by atoms with E-state index in [1.54, 1.807) is 36.8 Å². The Balaban J connectivity index is 2.15. The predicted molar refractivity (Wildman–Crippen MR) is 78.0 cm³/mol. The second kappa shape index (κ2) is 5.04. The Morgan fingerprint density at radius 2 is 2.10 bits per heavy atom. The van der Waals surface area contributed by atoms with Gasteiger partial charge in [0.25, 0.3) is 5.91 Å². The maximum absolute atomic E-state index is 11.6. The molecule has 0 unspecified atom stereocenters. The van der Waals surface area contributed by atoms with Crippen LogP contribution in [-0.4, -0.2) is 25.8 Å². The molecule has 3 heterocycles. The van der Waals surface area contributed by atoms with E-state index in [2.05, 4.69) is 19.9 Å². The fourth-order valence-corrected chi connectivity index (χ4v) is 2.05. The number of anilines is 1. The topological polar surface area (TPSA) is 124 Å². The van der Waals surface area contributed by atoms with E-state index >= 15 is 0 Å². The van der Waals surface area contributed by atoms with Crippen molar-refractivity contribution in [3.05, 3.63) is 48.4 Å². The van der Waals surface area contributed by atoms with Gasteiger partial charge in [0.15, 0.2) is 0 Å². The highest BCUT2D eigenvalue weighted by molar-refractivity contribution is 6.00. The number of carbonyl (C=O) groups excluding carboxylic acids is 1. The van der Waals surface area contributed by atoms with Crippen molar-refractivity contribution in [1.29, 1.82) is 0 Å². The van der Waals surface area contributed by atoms with E-state index in [9.17, 15) is 4.79 Å². The summed E-state index contributed by atoms with van der Waals surface area (Å²) in [6, 6.07) is 6.96. The van der Waals surface area contributed by atoms with Crippen molar-refractivity contribution < 1.29 is 4.79 Å². The number of nitrogens with one attached hydrogen (secondary N) is 1. The number of aromatic amines is 1. The molecule has 0 saturated heterocycles. The SMILES string of the molecule is NC(=O)c1cc(-c2ccnc(N)n2)[nH]c1-c1cccnc1. The number of rotatable bonds is 3. The second-order valence-corrected chi connectivity index (χ2v) is 4.38. The molecule has 0 aromatic carbocycles. The van der Waals surface area contributed by atoms with E-state index in [1.165, 1.54) is 0 Å². The lowest BCUT2D eigenvalue weighted by atomic mass is 10.1. The van der Waals surface area contributed by atoms with Gasteiger partial charge in [0.05, 0.1) is 22.6 Å². The molecule has 0 spiro atoms. The molecule has 104 valence electrons. The third kappa shape index (κ3) is 2.44. The molecule has 3 aromatic rings. The Bertz CT molecular complexity index is 796. The molecule has 1 amide bonds. The fraction of sp³-hybridized carbons (Fsp3) is 0. The van der Waals surface area contributed by atoms with Crippen molar-refractivity contribution in [2.24, 2.45) is 5.73 Å². The quantitative estimate of drug-likeness (QED) is 0.665. The Labute approximate surface area is 120 Å². The molecule has 7 nitrogen and oxygen atoms in total. The lowest BCUT2D eigenvalue weighted by Crippen LogP contribution is -2.11. The summed E-state index contributed by atoms with van der Waals surface area (Å²) in [4.78, 5) is 26.8. The Morgan fingerprint density at radius 1 is 1.24 bits per heavy atom. The van der Waals surface area contributed by atoms with Gasteiger partial charge in [-0.25, -0.2) is 9.97 Å². The van der Waals surface area contributed by atoms with Crippen molar-refractivity contribution in [2.75, 3.05) is 5.73 Å². The Hall–Kier alpha value is -3.22. The lowest BCUT2D eigenvalue weighted by Gasteiger charge is -2.00. The van der Waals surface area contributed by atoms with Crippen LogP contribution < -0.4 is 11.5 Å². The van der Waals surface area contributed by atoms with Gasteiger partial charge in [-0.15, -0.1) is 0 Å². The zero-order valence-electron chi connectivity index (χ0n) is 10.9. The second-order valence-electron chi connectivity index (χ2n) is 4.38. The highest BCUT2D eigenvalue weighted by atomic mass is 16.1. The number of nitrogens with zero attached hydrogens (tertiary/aromatic N) is 3. The number of nitrogens with two attached hydrogens (primary N) is 2. The first kappa shape index (κ1) is 12.8. The van der Waals surface area contributed by atoms with Crippen LogP contribution in [-0.2, 0) is 0 Å². The zero-order chi connectivity index (χ0) is 14.8. The van der Waals surface area contributed by atoms with Crippen LogP contribution in [0.25, 0.3) is 22.6 Å². The molecule has 0 fully saturated rings. The number of hydrogen-bond acceptors (Lipinski definition) is 5. The number of nitrogen functional groups attached to an aromatic ring is 1. The minimum absolute atomic E-state index is 0.158. The number of H-pyrrole nitrogens is 1. The van der Waals surface area contributed by atoms with Crippen LogP contribution >= 0.6 is 0 Å². The summed E-state index contributed by atoms with van der Waals surface area (Å²) in [7, 11) is 0. The summed E-state index contributed by atoms with van der Waals surface area (Å²) < 4.78 is 0. The lowest BCUT2D eigenvalue weighted by molar-refractivity contribution is 0.100. The highest BCUT2D eigenvalue weighted by Gasteiger charge is 2.16. The van der Waals surface area contributed by atoms with Crippen LogP contribution in [0.5, 0.6) is 0 Å². The van der Waals surface area contributed by atoms with Gasteiger partial charge < -0.3 is 16.5 Å². The summed E-state index contributed by atoms with van der Waals surface area (Å²) >= 11 is 0. The number of primary amides is 1. The van der Waals surface area contributed by atoms with E-state index in [0.29, 0.717) is 22.6 Å². The van der Waals surface area contributed by atoms with E-state index in [1.807, 2.05) is 6.07 Å². The first-order chi connectivity index (χ1) is 10.1. The van der Waals surface area contributed by atoms with Crippen LogP contribution in [0, 0.1) is 0 Å². The first-order valence-electron chi connectivity index (χ1n) is 6.17. The van der Waals surface area contributed by atoms with E-state index in [4.69, 9.17) is 11.5 Å². The number of amides is 1. The average Bonchev–Trinajstić information content (AvgIpc) is 2.93. The molecular weight excluding hydrogens is 268 g/mol. The third-order valence-electron chi connectivity index (χ3n) is 2.98. The maximum atomic E-state index is 11.6. The molecule has 0 radical (unpaired) electrons. The van der Waals surface area contributed by atoms with Gasteiger partial charge in [-0.05, 0) is 24.3 Å². The van der Waals surface area contributed by atoms with Gasteiger partial charge >= 0.3 is 0 Å². The molecule has 0 aliphatic carbocycles. The van der Waals surface area contributed by atoms with Crippen LogP contribution in [0.2, 0.25) is 0 Å². The van der Waals surface area contributed by atoms with Gasteiger partial charge in [-0.3, -0.25) is 9.78 Å². The predicted octanol–water partition coefficient (Wildman–Crippen LogP) is 1.21. The highest BCUT2D eigenvalue weighted by Crippen LogP contribution is 2.27. The molecular formula is C14H12N6O. The van der Waals surface area contributed by atoms with Gasteiger partial charge in [0.2, 0.25) is 5.95 Å². The van der Waals surface area contributed by atoms with Gasteiger partial charge in [-0.2, -0.15) is 0 Å². The molecule has 0 aliphatic rings. The fourth-order valence-electron chi connectivity index (χ4n) is 2.05. The van der Waals surface area contributed by atoms with Crippen LogP contribution in [0.4, 0.5) is 5.95 Å². The number of hydrogen-bond donors (Lipinski definition) is 3. The molecule has 7 heteroatoms. The monoisotopic (exact) mass is 280 g/mol. The average molecular weight is 280 g/mol. The molecule has 3 aromatic heterocycles. The largest absolute Gasteiger partial charge is 0.368 e. The summed E-state index contributed by atoms with van der Waals surface area (Å²) in [5.74, 6) is -0.371. The minimum atomic E-state index is -0.529. The molecule has 5 N–H and O–H groups in total. The molecule has 21 heavy (non-hydrogen) atoms. The van der Waals surface area contributed by atoms with E-state index < -0.39 is 5.91 Å². The van der Waals surface area contributed by atoms with Gasteiger partial charge in [0.1, 0.15) is 0 Å². The van der Waals surface area contributed by atoms with E-state index in [0.717, 1.165) is 5.56 Å². The van der Waals surface area contributed by atoms with Crippen LogP contribution in [0.1, 0.15) is 10.4 Å². The van der Waals surface area contributed by atoms with Crippen molar-refractivity contribution in [3.63, 3.8) is 0 Å². The van der Waals surface area contributed by atoms with Crippen molar-refractivity contribution in [3.8, 4) is 22.6 Å². The van der Waals surface area contributed by atoms with Gasteiger partial charge in [0, 0.05) is 24.2 Å². The number of carbonyl (C=O) groups is 1. The standard InChI is InChI=1S/C14H12N6O/c15-13(21)9-6-11(10-3-5-18-14(16)20-10)19-12(9)8-2-1-4-17-7-8/h1-7,19H,(H2,15,21)(H2,16,18,20). The smallest absolute Gasteiger partial charge is 0.250 e. The summed E-state index contributed by atoms with van der Waals surface area (Å²) in [5.41, 5.74) is 14.0. The number of aromatic nitrogens is 4. The van der Waals surface area contributed by atoms with Crippen LogP contribution in [0.3, 0.4) is 0 Å². The summed E-state index contributed by atoms with van der Waals surface area (Å²) in [5, 5.41) is 0. The molecule has 0 saturated carbocycles. The molecule has 0 atom stereocenters. The van der Waals surface area contributed by atoms with Crippen molar-refractivity contribution in [2.45, 2.75) is 0 Å². The first-order valence-corrected chi connectivity index (χ1v) is 6.17.